The van der Waals surface area contributed by atoms with Gasteiger partial charge >= 0.3 is 5.95 Å². The molecule has 0 N–H and O–H groups in total. The van der Waals surface area contributed by atoms with Crippen LogP contribution in [-0.2, 0) is 7.05 Å². The highest BCUT2D eigenvalue weighted by Crippen LogP contribution is 2.34. The average Bonchev–Trinajstić information content (AvgIpc) is 3.31. The third-order valence-electron chi connectivity index (χ3n) is 6.88. The van der Waals surface area contributed by atoms with Crippen LogP contribution in [0.2, 0.25) is 0 Å². The van der Waals surface area contributed by atoms with Crippen LogP contribution in [0.4, 0.5) is 0 Å². The van der Waals surface area contributed by atoms with E-state index in [1.807, 2.05) is 37.4 Å². The Kier molecular flexibility index (Phi) is 6.10. The molecular formula is C33H28N3O2+. The molecule has 5 nitrogen and oxygen atoms in total. The molecule has 0 unspecified atom stereocenters. The Morgan fingerprint density at radius 1 is 0.579 bits per heavy atom. The molecule has 0 bridgehead atoms. The average molecular weight is 499 g/mol. The molecule has 4 aromatic carbocycles. The highest BCUT2D eigenvalue weighted by molar-refractivity contribution is 5.82. The predicted molar refractivity (Wildman–Crippen MR) is 152 cm³/mol. The lowest BCUT2D eigenvalue weighted by Crippen LogP contribution is -2.39. The van der Waals surface area contributed by atoms with Crippen molar-refractivity contribution in [2.45, 2.75) is 0 Å². The van der Waals surface area contributed by atoms with Gasteiger partial charge in [-0.05, 0) is 23.3 Å². The van der Waals surface area contributed by atoms with Crippen LogP contribution in [-0.4, -0.2) is 23.8 Å². The van der Waals surface area contributed by atoms with Crippen LogP contribution in [0.5, 0.6) is 11.5 Å². The van der Waals surface area contributed by atoms with Crippen molar-refractivity contribution in [1.82, 2.24) is 9.55 Å². The number of imidazole rings is 1. The second-order valence-corrected chi connectivity index (χ2v) is 9.11. The number of rotatable bonds is 6. The number of fused-ring (bicyclic) bond motifs is 1. The minimum Gasteiger partial charge on any atom is -0.493 e. The quantitative estimate of drug-likeness (QED) is 0.235. The minimum atomic E-state index is 0.653. The largest absolute Gasteiger partial charge is 0.493 e. The fraction of sp³-hybridized carbons (Fsp3) is 0.0909. The van der Waals surface area contributed by atoms with Crippen LogP contribution in [0, 0.1) is 0 Å². The summed E-state index contributed by atoms with van der Waals surface area (Å²) in [5, 5.41) is 0. The van der Waals surface area contributed by atoms with Gasteiger partial charge in [-0.3, -0.25) is 0 Å². The van der Waals surface area contributed by atoms with Gasteiger partial charge in [-0.15, -0.1) is 0 Å². The molecule has 0 fully saturated rings. The topological polar surface area (TPSA) is 40.2 Å². The summed E-state index contributed by atoms with van der Waals surface area (Å²) < 4.78 is 15.5. The molecule has 38 heavy (non-hydrogen) atoms. The van der Waals surface area contributed by atoms with E-state index >= 15 is 0 Å². The molecule has 6 aromatic rings. The molecule has 0 aliphatic carbocycles. The van der Waals surface area contributed by atoms with Gasteiger partial charge in [0.25, 0.3) is 0 Å². The number of methoxy groups -OCH3 is 2. The predicted octanol–water partition coefficient (Wildman–Crippen LogP) is 6.87. The molecule has 186 valence electrons. The summed E-state index contributed by atoms with van der Waals surface area (Å²) in [6.45, 7) is 0. The van der Waals surface area contributed by atoms with Crippen LogP contribution < -0.4 is 14.0 Å². The van der Waals surface area contributed by atoms with Crippen molar-refractivity contribution < 1.29 is 14.0 Å². The van der Waals surface area contributed by atoms with Gasteiger partial charge in [0.2, 0.25) is 0 Å². The van der Waals surface area contributed by atoms with Crippen molar-refractivity contribution in [3.63, 3.8) is 0 Å². The maximum absolute atomic E-state index is 5.59. The zero-order valence-corrected chi connectivity index (χ0v) is 21.6. The Hall–Kier alpha value is -4.90. The van der Waals surface area contributed by atoms with Gasteiger partial charge in [0.05, 0.1) is 21.3 Å². The van der Waals surface area contributed by atoms with Gasteiger partial charge in [0.1, 0.15) is 16.9 Å². The summed E-state index contributed by atoms with van der Waals surface area (Å²) in [7, 11) is 5.34. The van der Waals surface area contributed by atoms with E-state index in [0.29, 0.717) is 11.5 Å². The molecule has 6 rings (SSSR count). The highest BCUT2D eigenvalue weighted by atomic mass is 16.5. The lowest BCUT2D eigenvalue weighted by molar-refractivity contribution is -0.581. The standard InChI is InChI=1S/C33H28N3O2/c1-35-30-22-32(38-3)31(37-2)21-27(30)34-33(35)36-28(24-15-9-5-10-16-24)19-26(23-13-7-4-8-14-23)20-29(36)25-17-11-6-12-18-25/h4-22H,1-3H3/q+1. The van der Waals surface area contributed by atoms with Crippen molar-refractivity contribution in [3.8, 4) is 51.1 Å². The second-order valence-electron chi connectivity index (χ2n) is 9.11. The van der Waals surface area contributed by atoms with Crippen molar-refractivity contribution in [3.05, 3.63) is 115 Å². The fourth-order valence-corrected chi connectivity index (χ4v) is 4.96. The van der Waals surface area contributed by atoms with E-state index in [-0.39, 0.29) is 0 Å². The first kappa shape index (κ1) is 23.5. The first-order valence-corrected chi connectivity index (χ1v) is 12.5. The second kappa shape index (κ2) is 9.87. The normalized spacial score (nSPS) is 11.0. The van der Waals surface area contributed by atoms with Crippen LogP contribution in [0.1, 0.15) is 0 Å². The van der Waals surface area contributed by atoms with E-state index in [1.165, 1.54) is 0 Å². The Morgan fingerprint density at radius 3 is 1.55 bits per heavy atom. The van der Waals surface area contributed by atoms with Gasteiger partial charge in [0.15, 0.2) is 17.0 Å². The summed E-state index contributed by atoms with van der Waals surface area (Å²) in [6, 6.07) is 39.8. The van der Waals surface area contributed by atoms with Crippen molar-refractivity contribution >= 4 is 11.0 Å². The van der Waals surface area contributed by atoms with Crippen LogP contribution in [0.25, 0.3) is 50.6 Å². The summed E-state index contributed by atoms with van der Waals surface area (Å²) in [6.07, 6.45) is 0. The first-order valence-electron chi connectivity index (χ1n) is 12.5. The molecule has 0 saturated carbocycles. The molecule has 0 radical (unpaired) electrons. The maximum Gasteiger partial charge on any atom is 0.405 e. The number of aromatic nitrogens is 3. The molecule has 0 amide bonds. The molecule has 0 saturated heterocycles. The minimum absolute atomic E-state index is 0.653. The van der Waals surface area contributed by atoms with E-state index < -0.39 is 0 Å². The number of nitrogens with zero attached hydrogens (tertiary/aromatic N) is 3. The van der Waals surface area contributed by atoms with Crippen molar-refractivity contribution in [1.29, 1.82) is 0 Å². The summed E-state index contributed by atoms with van der Waals surface area (Å²) in [5.41, 5.74) is 8.38. The lowest BCUT2D eigenvalue weighted by Gasteiger charge is -2.16. The number of hydrogen-bond donors (Lipinski definition) is 0. The Bertz CT molecular complexity index is 1670. The van der Waals surface area contributed by atoms with Crippen molar-refractivity contribution in [2.24, 2.45) is 7.05 Å². The molecule has 2 heterocycles. The number of benzene rings is 4. The number of aryl methyl sites for hydroxylation is 1. The first-order chi connectivity index (χ1) is 18.7. The zero-order valence-electron chi connectivity index (χ0n) is 21.6. The number of hydrogen-bond acceptors (Lipinski definition) is 3. The molecule has 0 atom stereocenters. The Labute approximate surface area is 222 Å². The molecule has 0 aliphatic heterocycles. The van der Waals surface area contributed by atoms with Gasteiger partial charge < -0.3 is 9.47 Å². The van der Waals surface area contributed by atoms with E-state index in [4.69, 9.17) is 14.5 Å². The zero-order chi connectivity index (χ0) is 26.1. The molecule has 5 heteroatoms. The number of pyridine rings is 1. The third kappa shape index (κ3) is 4.08. The molecule has 0 aliphatic rings. The lowest BCUT2D eigenvalue weighted by atomic mass is 9.99. The van der Waals surface area contributed by atoms with E-state index in [0.717, 1.165) is 50.6 Å². The van der Waals surface area contributed by atoms with Crippen LogP contribution >= 0.6 is 0 Å². The smallest absolute Gasteiger partial charge is 0.405 e. The van der Waals surface area contributed by atoms with Crippen molar-refractivity contribution in [2.75, 3.05) is 14.2 Å². The van der Waals surface area contributed by atoms with E-state index in [2.05, 4.69) is 94.1 Å². The van der Waals surface area contributed by atoms with Gasteiger partial charge in [0, 0.05) is 23.3 Å². The van der Waals surface area contributed by atoms with Gasteiger partial charge in [-0.1, -0.05) is 96.0 Å². The summed E-state index contributed by atoms with van der Waals surface area (Å²) in [5.74, 6) is 2.12. The summed E-state index contributed by atoms with van der Waals surface area (Å²) in [4.78, 5) is 5.13. The summed E-state index contributed by atoms with van der Waals surface area (Å²) >= 11 is 0. The Balaban J connectivity index is 1.72. The Morgan fingerprint density at radius 2 is 1.05 bits per heavy atom. The van der Waals surface area contributed by atoms with Crippen LogP contribution in [0.15, 0.2) is 115 Å². The van der Waals surface area contributed by atoms with E-state index in [1.54, 1.807) is 14.2 Å². The maximum atomic E-state index is 5.59. The molecule has 2 aromatic heterocycles. The van der Waals surface area contributed by atoms with Gasteiger partial charge in [-0.2, -0.15) is 4.57 Å². The van der Waals surface area contributed by atoms with Crippen LogP contribution in [0.3, 0.4) is 0 Å². The molecular weight excluding hydrogens is 470 g/mol. The SMILES string of the molecule is COc1cc2nc(-[n+]3c(-c4ccccc4)cc(-c4ccccc4)cc3-c3ccccc3)n(C)c2cc1OC. The number of ether oxygens (including phenoxy) is 2. The monoisotopic (exact) mass is 498 g/mol. The highest BCUT2D eigenvalue weighted by Gasteiger charge is 2.28. The molecule has 0 spiro atoms. The fourth-order valence-electron chi connectivity index (χ4n) is 4.96. The van der Waals surface area contributed by atoms with E-state index in [9.17, 15) is 0 Å². The van der Waals surface area contributed by atoms with Gasteiger partial charge in [-0.25, -0.2) is 4.57 Å². The third-order valence-corrected chi connectivity index (χ3v) is 6.88.